The number of aliphatic hydroxyl groups is 1. The van der Waals surface area contributed by atoms with E-state index in [0.29, 0.717) is 12.3 Å². The van der Waals surface area contributed by atoms with Gasteiger partial charge in [-0.15, -0.1) is 0 Å². The average molecular weight is 593 g/mol. The van der Waals surface area contributed by atoms with Gasteiger partial charge in [-0.05, 0) is 67.1 Å². The van der Waals surface area contributed by atoms with E-state index in [1.807, 2.05) is 36.4 Å². The Morgan fingerprint density at radius 2 is 1.67 bits per heavy atom. The molecule has 3 atom stereocenters. The number of aliphatic hydroxyl groups excluding tert-OH is 1. The summed E-state index contributed by atoms with van der Waals surface area (Å²) in [6, 6.07) is 24.4. The zero-order valence-electron chi connectivity index (χ0n) is 24.2. The van der Waals surface area contributed by atoms with Gasteiger partial charge in [0.25, 0.3) is 0 Å². The molecule has 0 aromatic heterocycles. The fraction of sp³-hybridized carbons (Fsp3) is 0.424. The van der Waals surface area contributed by atoms with E-state index in [-0.39, 0.29) is 40.9 Å². The van der Waals surface area contributed by atoms with Crippen LogP contribution in [0.4, 0.5) is 0 Å². The highest BCUT2D eigenvalue weighted by Gasteiger charge is 2.72. The van der Waals surface area contributed by atoms with Crippen LogP contribution in [0.2, 0.25) is 0 Å². The summed E-state index contributed by atoms with van der Waals surface area (Å²) in [5, 5.41) is 16.8. The molecule has 9 heteroatoms. The molecule has 0 aliphatic heterocycles. The minimum Gasteiger partial charge on any atom is -0.497 e. The molecule has 0 bridgehead atoms. The Morgan fingerprint density at radius 1 is 0.976 bits per heavy atom. The van der Waals surface area contributed by atoms with Gasteiger partial charge in [0, 0.05) is 31.0 Å². The van der Waals surface area contributed by atoms with Crippen molar-refractivity contribution in [2.45, 2.75) is 48.6 Å². The molecule has 3 N–H and O–H groups in total. The maximum Gasteiger partial charge on any atom is 0.224 e. The Hall–Kier alpha value is -3.40. The van der Waals surface area contributed by atoms with Crippen LogP contribution in [0.5, 0.6) is 11.5 Å². The van der Waals surface area contributed by atoms with Crippen LogP contribution in [0.15, 0.2) is 83.8 Å². The van der Waals surface area contributed by atoms with Crippen molar-refractivity contribution in [1.82, 2.24) is 10.6 Å². The maximum absolute atomic E-state index is 13.9. The molecule has 3 unspecified atom stereocenters. The molecule has 3 aromatic carbocycles. The predicted molar refractivity (Wildman–Crippen MR) is 161 cm³/mol. The molecule has 3 aromatic rings. The molecule has 0 saturated heterocycles. The standard InChI is InChI=1S/C33H40N2O6S/c1-40-27-11-6-8-24(18-27)21-34-23-32(15-16-32)33(20-30(33)25-9-4-3-5-10-25)35-31(37)26(14-17-36)22-42(38,39)29-13-7-12-28(19-29)41-2/h3-13,18-19,26,30,34,36H,14-17,20-23H2,1-2H3,(H,35,37). The van der Waals surface area contributed by atoms with E-state index >= 15 is 0 Å². The lowest BCUT2D eigenvalue weighted by Gasteiger charge is -2.32. The highest BCUT2D eigenvalue weighted by molar-refractivity contribution is 7.91. The second kappa shape index (κ2) is 12.5. The zero-order valence-corrected chi connectivity index (χ0v) is 25.0. The number of methoxy groups -OCH3 is 2. The third-order valence-corrected chi connectivity index (χ3v) is 10.7. The van der Waals surface area contributed by atoms with Gasteiger partial charge < -0.3 is 25.2 Å². The van der Waals surface area contributed by atoms with Gasteiger partial charge in [-0.1, -0.05) is 48.5 Å². The topological polar surface area (TPSA) is 114 Å². The second-order valence-electron chi connectivity index (χ2n) is 11.5. The third kappa shape index (κ3) is 6.33. The second-order valence-corrected chi connectivity index (χ2v) is 13.6. The molecule has 5 rings (SSSR count). The molecule has 224 valence electrons. The summed E-state index contributed by atoms with van der Waals surface area (Å²) in [6.07, 6.45) is 2.78. The number of sulfone groups is 1. The van der Waals surface area contributed by atoms with E-state index < -0.39 is 21.3 Å². The van der Waals surface area contributed by atoms with Gasteiger partial charge in [-0.25, -0.2) is 8.42 Å². The molecule has 0 radical (unpaired) electrons. The predicted octanol–water partition coefficient (Wildman–Crippen LogP) is 4.09. The van der Waals surface area contributed by atoms with E-state index in [9.17, 15) is 18.3 Å². The molecule has 8 nitrogen and oxygen atoms in total. The van der Waals surface area contributed by atoms with Crippen LogP contribution in [-0.2, 0) is 21.2 Å². The number of carbonyl (C=O) groups excluding carboxylic acids is 1. The largest absolute Gasteiger partial charge is 0.497 e. The summed E-state index contributed by atoms with van der Waals surface area (Å²) in [4.78, 5) is 14.0. The maximum atomic E-state index is 13.9. The minimum atomic E-state index is -3.81. The van der Waals surface area contributed by atoms with Crippen molar-refractivity contribution in [3.8, 4) is 11.5 Å². The SMILES string of the molecule is COc1cccc(CNCC2(C3(NC(=O)C(CCO)CS(=O)(=O)c4cccc(OC)c4)CC3c3ccccc3)CC2)c1. The molecule has 0 heterocycles. The van der Waals surface area contributed by atoms with Crippen molar-refractivity contribution in [2.75, 3.05) is 33.1 Å². The lowest BCUT2D eigenvalue weighted by atomic mass is 9.88. The molecule has 42 heavy (non-hydrogen) atoms. The highest BCUT2D eigenvalue weighted by Crippen LogP contribution is 2.70. The number of carbonyl (C=O) groups is 1. The Bertz CT molecular complexity index is 1490. The van der Waals surface area contributed by atoms with Gasteiger partial charge in [0.2, 0.25) is 5.91 Å². The number of benzene rings is 3. The quantitative estimate of drug-likeness (QED) is 0.244. The van der Waals surface area contributed by atoms with Crippen LogP contribution in [-0.4, -0.2) is 58.1 Å². The minimum absolute atomic E-state index is 0.0577. The lowest BCUT2D eigenvalue weighted by molar-refractivity contribution is -0.126. The van der Waals surface area contributed by atoms with Crippen molar-refractivity contribution in [3.63, 3.8) is 0 Å². The van der Waals surface area contributed by atoms with Crippen LogP contribution in [0.3, 0.4) is 0 Å². The molecule has 1 amide bonds. The van der Waals surface area contributed by atoms with E-state index in [2.05, 4.69) is 28.8 Å². The van der Waals surface area contributed by atoms with Gasteiger partial charge in [0.05, 0.1) is 36.3 Å². The van der Waals surface area contributed by atoms with Gasteiger partial charge in [0.15, 0.2) is 9.84 Å². The smallest absolute Gasteiger partial charge is 0.224 e. The molecular weight excluding hydrogens is 552 g/mol. The van der Waals surface area contributed by atoms with Crippen LogP contribution in [0.1, 0.15) is 42.7 Å². The van der Waals surface area contributed by atoms with Crippen LogP contribution < -0.4 is 20.1 Å². The van der Waals surface area contributed by atoms with Crippen LogP contribution >= 0.6 is 0 Å². The Balaban J connectivity index is 1.35. The Kier molecular flexibility index (Phi) is 8.92. The number of amides is 1. The van der Waals surface area contributed by atoms with Gasteiger partial charge >= 0.3 is 0 Å². The summed E-state index contributed by atoms with van der Waals surface area (Å²) in [7, 11) is -0.674. The van der Waals surface area contributed by atoms with E-state index in [1.165, 1.54) is 24.8 Å². The Morgan fingerprint density at radius 3 is 2.33 bits per heavy atom. The van der Waals surface area contributed by atoms with Crippen LogP contribution in [0.25, 0.3) is 0 Å². The number of rotatable bonds is 15. The third-order valence-electron chi connectivity index (χ3n) is 8.90. The molecular formula is C33H40N2O6S. The number of hydrogen-bond donors (Lipinski definition) is 3. The number of nitrogens with one attached hydrogen (secondary N) is 2. The van der Waals surface area contributed by atoms with Crippen molar-refractivity contribution in [3.05, 3.63) is 90.0 Å². The molecule has 2 aliphatic rings. The van der Waals surface area contributed by atoms with Gasteiger partial charge in [0.1, 0.15) is 11.5 Å². The average Bonchev–Trinajstić information content (AvgIpc) is 3.94. The Labute approximate surface area is 248 Å². The summed E-state index contributed by atoms with van der Waals surface area (Å²) in [5.74, 6) is -0.231. The van der Waals surface area contributed by atoms with E-state index in [0.717, 1.165) is 37.1 Å². The van der Waals surface area contributed by atoms with Crippen LogP contribution in [0, 0.1) is 11.3 Å². The first-order valence-corrected chi connectivity index (χ1v) is 16.1. The normalized spacial score (nSPS) is 21.3. The van der Waals surface area contributed by atoms with E-state index in [1.54, 1.807) is 19.2 Å². The monoisotopic (exact) mass is 592 g/mol. The van der Waals surface area contributed by atoms with Crippen molar-refractivity contribution in [1.29, 1.82) is 0 Å². The number of ether oxygens (including phenoxy) is 2. The van der Waals surface area contributed by atoms with Gasteiger partial charge in [-0.2, -0.15) is 0 Å². The summed E-state index contributed by atoms with van der Waals surface area (Å²) in [5.41, 5.74) is 1.65. The van der Waals surface area contributed by atoms with Crippen molar-refractivity contribution in [2.24, 2.45) is 11.3 Å². The molecule has 2 saturated carbocycles. The summed E-state index contributed by atoms with van der Waals surface area (Å²) < 4.78 is 37.3. The van der Waals surface area contributed by atoms with Crippen molar-refractivity contribution < 1.29 is 27.8 Å². The fourth-order valence-corrected chi connectivity index (χ4v) is 7.91. The molecule has 2 fully saturated rings. The fourth-order valence-electron chi connectivity index (χ4n) is 6.29. The first-order chi connectivity index (χ1) is 20.3. The molecule has 0 spiro atoms. The lowest BCUT2D eigenvalue weighted by Crippen LogP contribution is -2.51. The van der Waals surface area contributed by atoms with E-state index in [4.69, 9.17) is 9.47 Å². The summed E-state index contributed by atoms with van der Waals surface area (Å²) >= 11 is 0. The zero-order chi connectivity index (χ0) is 29.8. The molecule has 2 aliphatic carbocycles. The number of hydrogen-bond acceptors (Lipinski definition) is 7. The first kappa shape index (κ1) is 30.1. The van der Waals surface area contributed by atoms with Gasteiger partial charge in [-0.3, -0.25) is 4.79 Å². The van der Waals surface area contributed by atoms with Crippen molar-refractivity contribution >= 4 is 15.7 Å². The highest BCUT2D eigenvalue weighted by atomic mass is 32.2. The first-order valence-electron chi connectivity index (χ1n) is 14.4. The summed E-state index contributed by atoms with van der Waals surface area (Å²) in [6.45, 7) is 1.11.